The van der Waals surface area contributed by atoms with Gasteiger partial charge in [0.1, 0.15) is 5.82 Å². The number of benzene rings is 1. The maximum Gasteiger partial charge on any atom is 0.124 e. The number of aromatic nitrogens is 2. The lowest BCUT2D eigenvalue weighted by molar-refractivity contribution is 0.310. The number of imidazole rings is 1. The highest BCUT2D eigenvalue weighted by molar-refractivity contribution is 5.74. The molecule has 0 saturated carbocycles. The van der Waals surface area contributed by atoms with Crippen molar-refractivity contribution in [3.8, 4) is 0 Å². The second kappa shape index (κ2) is 3.42. The molecule has 0 fully saturated rings. The Labute approximate surface area is 83.8 Å². The Hall–Kier alpha value is -1.35. The third kappa shape index (κ3) is 1.51. The molecule has 74 valence electrons. The SMILES string of the molecule is CC(c1nc2ccccc2[nH]1)N(C)C. The molecule has 3 nitrogen and oxygen atoms in total. The van der Waals surface area contributed by atoms with Crippen molar-refractivity contribution in [1.82, 2.24) is 14.9 Å². The van der Waals surface area contributed by atoms with Gasteiger partial charge in [0.2, 0.25) is 0 Å². The van der Waals surface area contributed by atoms with E-state index in [0.717, 1.165) is 16.9 Å². The summed E-state index contributed by atoms with van der Waals surface area (Å²) in [6.45, 7) is 2.14. The lowest BCUT2D eigenvalue weighted by atomic mass is 10.3. The summed E-state index contributed by atoms with van der Waals surface area (Å²) in [6, 6.07) is 8.42. The van der Waals surface area contributed by atoms with Crippen molar-refractivity contribution < 1.29 is 0 Å². The number of hydrogen-bond acceptors (Lipinski definition) is 2. The zero-order chi connectivity index (χ0) is 10.1. The average molecular weight is 189 g/mol. The first-order chi connectivity index (χ1) is 6.68. The monoisotopic (exact) mass is 189 g/mol. The third-order valence-electron chi connectivity index (χ3n) is 2.58. The molecule has 0 radical (unpaired) electrons. The molecule has 0 saturated heterocycles. The molecule has 1 aromatic heterocycles. The molecule has 0 amide bonds. The van der Waals surface area contributed by atoms with E-state index >= 15 is 0 Å². The smallest absolute Gasteiger partial charge is 0.124 e. The maximum absolute atomic E-state index is 4.54. The standard InChI is InChI=1S/C11H15N3/c1-8(14(2)3)11-12-9-6-4-5-7-10(9)13-11/h4-8H,1-3H3,(H,12,13). The minimum absolute atomic E-state index is 0.322. The van der Waals surface area contributed by atoms with Crippen molar-refractivity contribution >= 4 is 11.0 Å². The molecular formula is C11H15N3. The molecule has 1 heterocycles. The van der Waals surface area contributed by atoms with Crippen LogP contribution in [0.2, 0.25) is 0 Å². The molecule has 1 atom stereocenters. The largest absolute Gasteiger partial charge is 0.341 e. The van der Waals surface area contributed by atoms with Crippen LogP contribution < -0.4 is 0 Å². The third-order valence-corrected chi connectivity index (χ3v) is 2.58. The van der Waals surface area contributed by atoms with Crippen LogP contribution in [0.5, 0.6) is 0 Å². The molecular weight excluding hydrogens is 174 g/mol. The molecule has 0 bridgehead atoms. The molecule has 0 aliphatic carbocycles. The number of hydrogen-bond donors (Lipinski definition) is 1. The predicted molar refractivity (Wildman–Crippen MR) is 58.2 cm³/mol. The highest BCUT2D eigenvalue weighted by atomic mass is 15.1. The Balaban J connectivity index is 2.45. The van der Waals surface area contributed by atoms with Crippen LogP contribution in [0.1, 0.15) is 18.8 Å². The number of nitrogens with one attached hydrogen (secondary N) is 1. The molecule has 3 heteroatoms. The van der Waals surface area contributed by atoms with E-state index in [1.807, 2.05) is 24.3 Å². The number of rotatable bonds is 2. The van der Waals surface area contributed by atoms with E-state index in [1.165, 1.54) is 0 Å². The lowest BCUT2D eigenvalue weighted by Crippen LogP contribution is -2.17. The van der Waals surface area contributed by atoms with E-state index in [0.29, 0.717) is 6.04 Å². The van der Waals surface area contributed by atoms with Crippen molar-refractivity contribution in [2.45, 2.75) is 13.0 Å². The summed E-state index contributed by atoms with van der Waals surface area (Å²) in [5.41, 5.74) is 2.15. The Morgan fingerprint density at radius 3 is 2.64 bits per heavy atom. The van der Waals surface area contributed by atoms with Gasteiger partial charge in [0.25, 0.3) is 0 Å². The summed E-state index contributed by atoms with van der Waals surface area (Å²) < 4.78 is 0. The van der Waals surface area contributed by atoms with Gasteiger partial charge in [-0.3, -0.25) is 4.90 Å². The lowest BCUT2D eigenvalue weighted by Gasteiger charge is -2.16. The van der Waals surface area contributed by atoms with Crippen LogP contribution in [0.4, 0.5) is 0 Å². The van der Waals surface area contributed by atoms with Gasteiger partial charge in [-0.2, -0.15) is 0 Å². The van der Waals surface area contributed by atoms with Gasteiger partial charge in [-0.1, -0.05) is 12.1 Å². The van der Waals surface area contributed by atoms with Gasteiger partial charge in [0.05, 0.1) is 17.1 Å². The van der Waals surface area contributed by atoms with Crippen LogP contribution in [0.25, 0.3) is 11.0 Å². The first kappa shape index (κ1) is 9.21. The summed E-state index contributed by atoms with van der Waals surface area (Å²) in [5.74, 6) is 1.02. The van der Waals surface area contributed by atoms with Crippen molar-refractivity contribution in [1.29, 1.82) is 0 Å². The van der Waals surface area contributed by atoms with Gasteiger partial charge in [0.15, 0.2) is 0 Å². The van der Waals surface area contributed by atoms with Crippen LogP contribution in [0.15, 0.2) is 24.3 Å². The first-order valence-electron chi connectivity index (χ1n) is 4.79. The van der Waals surface area contributed by atoms with Crippen LogP contribution in [-0.4, -0.2) is 29.0 Å². The van der Waals surface area contributed by atoms with E-state index in [2.05, 4.69) is 35.9 Å². The minimum atomic E-state index is 0.322. The zero-order valence-electron chi connectivity index (χ0n) is 8.78. The summed E-state index contributed by atoms with van der Waals surface area (Å²) in [5, 5.41) is 0. The van der Waals surface area contributed by atoms with E-state index in [9.17, 15) is 0 Å². The second-order valence-electron chi connectivity index (χ2n) is 3.78. The predicted octanol–water partition coefficient (Wildman–Crippen LogP) is 2.19. The molecule has 1 N–H and O–H groups in total. The number of aromatic amines is 1. The number of para-hydroxylation sites is 2. The number of nitrogens with zero attached hydrogens (tertiary/aromatic N) is 2. The van der Waals surface area contributed by atoms with Gasteiger partial charge >= 0.3 is 0 Å². The fourth-order valence-corrected chi connectivity index (χ4v) is 1.41. The molecule has 2 aromatic rings. The van der Waals surface area contributed by atoms with Gasteiger partial charge in [-0.15, -0.1) is 0 Å². The molecule has 0 spiro atoms. The zero-order valence-corrected chi connectivity index (χ0v) is 8.78. The number of fused-ring (bicyclic) bond motifs is 1. The minimum Gasteiger partial charge on any atom is -0.341 e. The van der Waals surface area contributed by atoms with Gasteiger partial charge in [0, 0.05) is 0 Å². The fraction of sp³-hybridized carbons (Fsp3) is 0.364. The van der Waals surface area contributed by atoms with E-state index in [1.54, 1.807) is 0 Å². The number of H-pyrrole nitrogens is 1. The van der Waals surface area contributed by atoms with Crippen LogP contribution >= 0.6 is 0 Å². The van der Waals surface area contributed by atoms with E-state index < -0.39 is 0 Å². The summed E-state index contributed by atoms with van der Waals surface area (Å²) >= 11 is 0. The quantitative estimate of drug-likeness (QED) is 0.785. The summed E-state index contributed by atoms with van der Waals surface area (Å²) in [7, 11) is 4.11. The molecule has 1 unspecified atom stereocenters. The van der Waals surface area contributed by atoms with Crippen molar-refractivity contribution in [3.05, 3.63) is 30.1 Å². The Morgan fingerprint density at radius 1 is 1.29 bits per heavy atom. The maximum atomic E-state index is 4.54. The molecule has 1 aromatic carbocycles. The van der Waals surface area contributed by atoms with Gasteiger partial charge in [-0.25, -0.2) is 4.98 Å². The Kier molecular flexibility index (Phi) is 2.25. The highest BCUT2D eigenvalue weighted by Crippen LogP contribution is 2.18. The van der Waals surface area contributed by atoms with Crippen LogP contribution in [0.3, 0.4) is 0 Å². The van der Waals surface area contributed by atoms with E-state index in [4.69, 9.17) is 0 Å². The molecule has 0 aliphatic heterocycles. The van der Waals surface area contributed by atoms with E-state index in [-0.39, 0.29) is 0 Å². The van der Waals surface area contributed by atoms with Crippen LogP contribution in [-0.2, 0) is 0 Å². The van der Waals surface area contributed by atoms with Crippen molar-refractivity contribution in [2.24, 2.45) is 0 Å². The summed E-state index contributed by atoms with van der Waals surface area (Å²) in [4.78, 5) is 10.00. The van der Waals surface area contributed by atoms with Gasteiger partial charge in [-0.05, 0) is 33.2 Å². The topological polar surface area (TPSA) is 31.9 Å². The Bertz CT molecular complexity index is 398. The molecule has 0 aliphatic rings. The summed E-state index contributed by atoms with van der Waals surface area (Å²) in [6.07, 6.45) is 0. The van der Waals surface area contributed by atoms with Gasteiger partial charge < -0.3 is 4.98 Å². The highest BCUT2D eigenvalue weighted by Gasteiger charge is 2.11. The average Bonchev–Trinajstić information content (AvgIpc) is 2.59. The van der Waals surface area contributed by atoms with Crippen molar-refractivity contribution in [2.75, 3.05) is 14.1 Å². The normalized spacial score (nSPS) is 13.7. The second-order valence-corrected chi connectivity index (χ2v) is 3.78. The fourth-order valence-electron chi connectivity index (χ4n) is 1.41. The van der Waals surface area contributed by atoms with Crippen LogP contribution in [0, 0.1) is 0 Å². The molecule has 14 heavy (non-hydrogen) atoms. The first-order valence-corrected chi connectivity index (χ1v) is 4.79. The molecule has 2 rings (SSSR count). The van der Waals surface area contributed by atoms with Crippen molar-refractivity contribution in [3.63, 3.8) is 0 Å². The Morgan fingerprint density at radius 2 is 2.00 bits per heavy atom.